The molecule has 0 fully saturated rings. The number of benzene rings is 1. The molecule has 0 aliphatic carbocycles. The van der Waals surface area contributed by atoms with Gasteiger partial charge in [0.1, 0.15) is 11.6 Å². The van der Waals surface area contributed by atoms with Crippen LogP contribution in [0.2, 0.25) is 0 Å². The standard InChI is InChI=1S/C10H7F2N3O2S/c1-18(16,17)10-14-9(5-13-15-10)7-3-2-6(11)4-8(7)12/h2-5H,1H3. The molecule has 8 heteroatoms. The van der Waals surface area contributed by atoms with Gasteiger partial charge in [-0.25, -0.2) is 22.2 Å². The van der Waals surface area contributed by atoms with Crippen molar-refractivity contribution >= 4 is 9.84 Å². The predicted octanol–water partition coefficient (Wildman–Crippen LogP) is 1.22. The molecule has 0 aliphatic heterocycles. The van der Waals surface area contributed by atoms with Gasteiger partial charge in [-0.15, -0.1) is 5.10 Å². The fourth-order valence-electron chi connectivity index (χ4n) is 1.27. The lowest BCUT2D eigenvalue weighted by Gasteiger charge is -2.03. The molecule has 0 unspecified atom stereocenters. The summed E-state index contributed by atoms with van der Waals surface area (Å²) in [6, 6.07) is 2.87. The zero-order valence-corrected chi connectivity index (χ0v) is 9.95. The Morgan fingerprint density at radius 2 is 1.94 bits per heavy atom. The molecule has 1 heterocycles. The van der Waals surface area contributed by atoms with Crippen LogP contribution >= 0.6 is 0 Å². The average Bonchev–Trinajstić information content (AvgIpc) is 2.28. The summed E-state index contributed by atoms with van der Waals surface area (Å²) in [6.07, 6.45) is 2.01. The largest absolute Gasteiger partial charge is 0.267 e. The van der Waals surface area contributed by atoms with Crippen molar-refractivity contribution in [2.75, 3.05) is 6.26 Å². The topological polar surface area (TPSA) is 72.8 Å². The van der Waals surface area contributed by atoms with Gasteiger partial charge in [-0.1, -0.05) is 0 Å². The lowest BCUT2D eigenvalue weighted by Crippen LogP contribution is -2.06. The maximum Gasteiger partial charge on any atom is 0.267 e. The molecular formula is C10H7F2N3O2S. The van der Waals surface area contributed by atoms with E-state index in [1.54, 1.807) is 0 Å². The monoisotopic (exact) mass is 271 g/mol. The Morgan fingerprint density at radius 3 is 2.56 bits per heavy atom. The van der Waals surface area contributed by atoms with Crippen LogP contribution in [0, 0.1) is 11.6 Å². The molecule has 1 aromatic heterocycles. The van der Waals surface area contributed by atoms with E-state index in [4.69, 9.17) is 0 Å². The van der Waals surface area contributed by atoms with Crippen molar-refractivity contribution in [2.24, 2.45) is 0 Å². The summed E-state index contributed by atoms with van der Waals surface area (Å²) in [4.78, 5) is 3.68. The van der Waals surface area contributed by atoms with Crippen LogP contribution in [0.15, 0.2) is 29.6 Å². The van der Waals surface area contributed by atoms with Crippen molar-refractivity contribution in [1.29, 1.82) is 0 Å². The molecule has 0 radical (unpaired) electrons. The maximum atomic E-state index is 13.5. The van der Waals surface area contributed by atoms with Gasteiger partial charge in [-0.2, -0.15) is 5.10 Å². The van der Waals surface area contributed by atoms with Crippen molar-refractivity contribution in [3.63, 3.8) is 0 Å². The summed E-state index contributed by atoms with van der Waals surface area (Å²) >= 11 is 0. The molecule has 1 aromatic carbocycles. The Morgan fingerprint density at radius 1 is 1.22 bits per heavy atom. The second-order valence-corrected chi connectivity index (χ2v) is 5.43. The van der Waals surface area contributed by atoms with Crippen molar-refractivity contribution in [3.8, 4) is 11.3 Å². The van der Waals surface area contributed by atoms with Gasteiger partial charge in [0.05, 0.1) is 11.9 Å². The van der Waals surface area contributed by atoms with Gasteiger partial charge in [0, 0.05) is 17.9 Å². The second-order valence-electron chi connectivity index (χ2n) is 3.52. The van der Waals surface area contributed by atoms with Crippen molar-refractivity contribution in [2.45, 2.75) is 5.16 Å². The van der Waals surface area contributed by atoms with Crippen LogP contribution in [0.4, 0.5) is 8.78 Å². The molecule has 0 spiro atoms. The fraction of sp³-hybridized carbons (Fsp3) is 0.100. The summed E-state index contributed by atoms with van der Waals surface area (Å²) in [6.45, 7) is 0. The first kappa shape index (κ1) is 12.5. The maximum absolute atomic E-state index is 13.5. The number of halogens is 2. The molecule has 0 amide bonds. The summed E-state index contributed by atoms with van der Waals surface area (Å²) in [5.41, 5.74) is -0.0703. The van der Waals surface area contributed by atoms with Crippen LogP contribution in [0.5, 0.6) is 0 Å². The Labute approximate surface area is 101 Å². The smallest absolute Gasteiger partial charge is 0.221 e. The van der Waals surface area contributed by atoms with Gasteiger partial charge in [0.2, 0.25) is 9.84 Å². The minimum Gasteiger partial charge on any atom is -0.221 e. The summed E-state index contributed by atoms with van der Waals surface area (Å²) in [5, 5.41) is 6.27. The number of hydrogen-bond acceptors (Lipinski definition) is 5. The highest BCUT2D eigenvalue weighted by atomic mass is 32.2. The van der Waals surface area contributed by atoms with E-state index in [0.717, 1.165) is 24.6 Å². The summed E-state index contributed by atoms with van der Waals surface area (Å²) < 4.78 is 48.7. The van der Waals surface area contributed by atoms with E-state index in [2.05, 4.69) is 15.2 Å². The first-order valence-electron chi connectivity index (χ1n) is 4.73. The van der Waals surface area contributed by atoms with Crippen LogP contribution in [0.3, 0.4) is 0 Å². The molecule has 0 saturated carbocycles. The molecule has 0 aliphatic rings. The first-order chi connectivity index (χ1) is 8.38. The zero-order valence-electron chi connectivity index (χ0n) is 9.13. The first-order valence-corrected chi connectivity index (χ1v) is 6.62. The van der Waals surface area contributed by atoms with Gasteiger partial charge in [0.25, 0.3) is 5.16 Å². The molecule has 2 aromatic rings. The van der Waals surface area contributed by atoms with Gasteiger partial charge in [0.15, 0.2) is 0 Å². The molecule has 5 nitrogen and oxygen atoms in total. The van der Waals surface area contributed by atoms with Crippen molar-refractivity contribution in [3.05, 3.63) is 36.0 Å². The van der Waals surface area contributed by atoms with E-state index in [9.17, 15) is 17.2 Å². The third kappa shape index (κ3) is 2.48. The number of rotatable bonds is 2. The minimum absolute atomic E-state index is 0.0251. The van der Waals surface area contributed by atoms with E-state index in [1.165, 1.54) is 0 Å². The van der Waals surface area contributed by atoms with Gasteiger partial charge in [-0.3, -0.25) is 0 Å². The minimum atomic E-state index is -3.64. The van der Waals surface area contributed by atoms with E-state index < -0.39 is 26.6 Å². The van der Waals surface area contributed by atoms with E-state index in [0.29, 0.717) is 6.07 Å². The molecule has 0 saturated heterocycles. The van der Waals surface area contributed by atoms with Crippen LogP contribution in [0.25, 0.3) is 11.3 Å². The summed E-state index contributed by atoms with van der Waals surface area (Å²) in [5.74, 6) is -1.59. The van der Waals surface area contributed by atoms with Crippen LogP contribution in [0.1, 0.15) is 0 Å². The highest BCUT2D eigenvalue weighted by Crippen LogP contribution is 2.21. The van der Waals surface area contributed by atoms with Crippen molar-refractivity contribution in [1.82, 2.24) is 15.2 Å². The molecule has 2 rings (SSSR count). The Kier molecular flexibility index (Phi) is 3.04. The number of sulfone groups is 1. The zero-order chi connectivity index (χ0) is 13.3. The van der Waals surface area contributed by atoms with Crippen LogP contribution < -0.4 is 0 Å². The van der Waals surface area contributed by atoms with Crippen molar-refractivity contribution < 1.29 is 17.2 Å². The third-order valence-electron chi connectivity index (χ3n) is 2.08. The van der Waals surface area contributed by atoms with Crippen LogP contribution in [-0.4, -0.2) is 29.9 Å². The average molecular weight is 271 g/mol. The lowest BCUT2D eigenvalue weighted by atomic mass is 10.1. The molecular weight excluding hydrogens is 264 g/mol. The Balaban J connectivity index is 2.58. The number of nitrogens with zero attached hydrogens (tertiary/aromatic N) is 3. The second kappa shape index (κ2) is 4.37. The molecule has 94 valence electrons. The molecule has 0 bridgehead atoms. The lowest BCUT2D eigenvalue weighted by molar-refractivity contribution is 0.582. The van der Waals surface area contributed by atoms with Crippen LogP contribution in [-0.2, 0) is 9.84 Å². The SMILES string of the molecule is CS(=O)(=O)c1nncc(-c2ccc(F)cc2F)n1. The van der Waals surface area contributed by atoms with E-state index >= 15 is 0 Å². The number of aromatic nitrogens is 3. The highest BCUT2D eigenvalue weighted by molar-refractivity contribution is 7.90. The van der Waals surface area contributed by atoms with E-state index in [-0.39, 0.29) is 11.3 Å². The fourth-order valence-corrected chi connectivity index (χ4v) is 1.73. The number of hydrogen-bond donors (Lipinski definition) is 0. The molecule has 0 atom stereocenters. The Hall–Kier alpha value is -1.96. The quantitative estimate of drug-likeness (QED) is 0.821. The third-order valence-corrected chi connectivity index (χ3v) is 2.91. The highest BCUT2D eigenvalue weighted by Gasteiger charge is 2.15. The normalized spacial score (nSPS) is 11.5. The Bertz CT molecular complexity index is 704. The van der Waals surface area contributed by atoms with Gasteiger partial charge in [-0.05, 0) is 12.1 Å². The molecule has 18 heavy (non-hydrogen) atoms. The molecule has 0 N–H and O–H groups in total. The van der Waals surface area contributed by atoms with Gasteiger partial charge >= 0.3 is 0 Å². The van der Waals surface area contributed by atoms with E-state index in [1.807, 2.05) is 0 Å². The van der Waals surface area contributed by atoms with Gasteiger partial charge < -0.3 is 0 Å². The summed E-state index contributed by atoms with van der Waals surface area (Å²) in [7, 11) is -3.64. The predicted molar refractivity (Wildman–Crippen MR) is 58.3 cm³/mol.